The molecule has 1 atom stereocenters. The molecule has 112 valence electrons. The maximum Gasteiger partial charge on any atom is 0.244 e. The second kappa shape index (κ2) is 6.20. The molecule has 1 heterocycles. The summed E-state index contributed by atoms with van der Waals surface area (Å²) in [7, 11) is -3.66. The zero-order valence-electron chi connectivity index (χ0n) is 11.1. The number of benzene rings is 1. The molecule has 0 spiro atoms. The van der Waals surface area contributed by atoms with Crippen LogP contribution >= 0.6 is 23.2 Å². The molecule has 0 amide bonds. The van der Waals surface area contributed by atoms with Gasteiger partial charge in [0.05, 0.1) is 11.6 Å². The van der Waals surface area contributed by atoms with Crippen molar-refractivity contribution in [2.45, 2.75) is 43.7 Å². The molecule has 1 aromatic rings. The van der Waals surface area contributed by atoms with Gasteiger partial charge in [-0.3, -0.25) is 0 Å². The summed E-state index contributed by atoms with van der Waals surface area (Å²) in [6, 6.07) is 2.69. The van der Waals surface area contributed by atoms with Gasteiger partial charge in [-0.2, -0.15) is 4.31 Å². The number of rotatable bonds is 3. The molecule has 1 aliphatic heterocycles. The summed E-state index contributed by atoms with van der Waals surface area (Å²) in [6.07, 6.45) is 2.72. The normalized spacial score (nSPS) is 21.1. The first-order valence-corrected chi connectivity index (χ1v) is 8.68. The van der Waals surface area contributed by atoms with Crippen molar-refractivity contribution in [3.05, 3.63) is 27.7 Å². The number of hydrogen-bond acceptors (Lipinski definition) is 3. The van der Waals surface area contributed by atoms with E-state index in [2.05, 4.69) is 0 Å². The first-order valence-electron chi connectivity index (χ1n) is 6.48. The van der Waals surface area contributed by atoms with Crippen molar-refractivity contribution in [1.82, 2.24) is 4.31 Å². The Morgan fingerprint density at radius 2 is 2.00 bits per heavy atom. The van der Waals surface area contributed by atoms with Crippen molar-refractivity contribution in [3.63, 3.8) is 0 Å². The fourth-order valence-electron chi connectivity index (χ4n) is 2.45. The van der Waals surface area contributed by atoms with Crippen molar-refractivity contribution < 1.29 is 13.5 Å². The highest BCUT2D eigenvalue weighted by Gasteiger charge is 2.32. The van der Waals surface area contributed by atoms with E-state index in [0.717, 1.165) is 19.3 Å². The van der Waals surface area contributed by atoms with E-state index in [9.17, 15) is 13.5 Å². The van der Waals surface area contributed by atoms with Crippen LogP contribution in [0.4, 0.5) is 0 Å². The molecule has 0 aliphatic carbocycles. The highest BCUT2D eigenvalue weighted by Crippen LogP contribution is 2.33. The van der Waals surface area contributed by atoms with E-state index in [1.807, 2.05) is 6.92 Å². The van der Waals surface area contributed by atoms with Crippen molar-refractivity contribution in [2.24, 2.45) is 0 Å². The number of sulfonamides is 1. The average Bonchev–Trinajstić information content (AvgIpc) is 2.38. The fraction of sp³-hybridized carbons (Fsp3) is 0.538. The Labute approximate surface area is 129 Å². The molecular weight excluding hydrogens is 321 g/mol. The molecule has 4 nitrogen and oxygen atoms in total. The Kier molecular flexibility index (Phi) is 4.97. The third kappa shape index (κ3) is 2.97. The minimum atomic E-state index is -3.66. The Morgan fingerprint density at radius 1 is 1.30 bits per heavy atom. The molecule has 2 rings (SSSR count). The summed E-state index contributed by atoms with van der Waals surface area (Å²) in [6.45, 7) is 2.07. The largest absolute Gasteiger partial charge is 0.392 e. The number of aliphatic hydroxyl groups excluding tert-OH is 1. The van der Waals surface area contributed by atoms with Gasteiger partial charge in [-0.15, -0.1) is 0 Å². The predicted molar refractivity (Wildman–Crippen MR) is 79.6 cm³/mol. The molecule has 1 fully saturated rings. The van der Waals surface area contributed by atoms with Gasteiger partial charge < -0.3 is 5.11 Å². The van der Waals surface area contributed by atoms with Gasteiger partial charge in [0.25, 0.3) is 0 Å². The molecule has 1 saturated heterocycles. The predicted octanol–water partition coefficient (Wildman–Crippen LogP) is 3.05. The second-order valence-corrected chi connectivity index (χ2v) is 7.67. The maximum absolute atomic E-state index is 12.7. The van der Waals surface area contributed by atoms with Crippen LogP contribution in [-0.4, -0.2) is 30.4 Å². The molecular formula is C13H17Cl2NO3S. The van der Waals surface area contributed by atoms with Gasteiger partial charge in [-0.05, 0) is 37.5 Å². The highest BCUT2D eigenvalue weighted by molar-refractivity contribution is 7.89. The minimum Gasteiger partial charge on any atom is -0.392 e. The Balaban J connectivity index is 2.48. The lowest BCUT2D eigenvalue weighted by atomic mass is 10.1. The first-order chi connectivity index (χ1) is 9.37. The summed E-state index contributed by atoms with van der Waals surface area (Å²) in [5.41, 5.74) is 0.360. The minimum absolute atomic E-state index is 0.0152. The topological polar surface area (TPSA) is 57.6 Å². The molecule has 1 aliphatic rings. The monoisotopic (exact) mass is 337 g/mol. The lowest BCUT2D eigenvalue weighted by Crippen LogP contribution is -2.42. The number of nitrogens with zero attached hydrogens (tertiary/aromatic N) is 1. The molecule has 1 N–H and O–H groups in total. The first kappa shape index (κ1) is 16.0. The highest BCUT2D eigenvalue weighted by atomic mass is 35.5. The molecule has 0 aromatic heterocycles. The van der Waals surface area contributed by atoms with Crippen molar-refractivity contribution >= 4 is 33.2 Å². The number of halogens is 2. The number of hydrogen-bond donors (Lipinski definition) is 1. The van der Waals surface area contributed by atoms with Gasteiger partial charge >= 0.3 is 0 Å². The van der Waals surface area contributed by atoms with E-state index in [-0.39, 0.29) is 27.6 Å². The van der Waals surface area contributed by atoms with Crippen molar-refractivity contribution in [3.8, 4) is 0 Å². The Hall–Kier alpha value is -0.330. The van der Waals surface area contributed by atoms with Gasteiger partial charge in [0.1, 0.15) is 4.90 Å². The van der Waals surface area contributed by atoms with Crippen LogP contribution in [0.25, 0.3) is 0 Å². The van der Waals surface area contributed by atoms with Crippen LogP contribution in [0.3, 0.4) is 0 Å². The van der Waals surface area contributed by atoms with E-state index in [1.54, 1.807) is 0 Å². The molecule has 20 heavy (non-hydrogen) atoms. The standard InChI is InChI=1S/C13H17Cl2NO3S/c1-9-4-2-3-5-16(9)20(18,19)13-6-10(8-17)11(14)7-12(13)15/h6-7,9,17H,2-5,8H2,1H3. The summed E-state index contributed by atoms with van der Waals surface area (Å²) < 4.78 is 26.9. The second-order valence-electron chi connectivity index (χ2n) is 4.99. The average molecular weight is 338 g/mol. The van der Waals surface area contributed by atoms with Crippen LogP contribution in [0.15, 0.2) is 17.0 Å². The molecule has 1 unspecified atom stereocenters. The summed E-state index contributed by atoms with van der Waals surface area (Å²) >= 11 is 12.0. The molecule has 0 saturated carbocycles. The van der Waals surface area contributed by atoms with Gasteiger partial charge in [0.2, 0.25) is 10.0 Å². The lowest BCUT2D eigenvalue weighted by molar-refractivity contribution is 0.268. The van der Waals surface area contributed by atoms with Crippen molar-refractivity contribution in [1.29, 1.82) is 0 Å². The zero-order chi connectivity index (χ0) is 14.9. The van der Waals surface area contributed by atoms with Crippen molar-refractivity contribution in [2.75, 3.05) is 6.54 Å². The van der Waals surface area contributed by atoms with Crippen LogP contribution in [-0.2, 0) is 16.6 Å². The van der Waals surface area contributed by atoms with Crippen LogP contribution < -0.4 is 0 Å². The van der Waals surface area contributed by atoms with Crippen LogP contribution in [0.5, 0.6) is 0 Å². The van der Waals surface area contributed by atoms with E-state index in [1.165, 1.54) is 16.4 Å². The zero-order valence-corrected chi connectivity index (χ0v) is 13.5. The number of aliphatic hydroxyl groups is 1. The van der Waals surface area contributed by atoms with Crippen LogP contribution in [0.2, 0.25) is 10.0 Å². The van der Waals surface area contributed by atoms with Crippen LogP contribution in [0, 0.1) is 0 Å². The van der Waals surface area contributed by atoms with E-state index < -0.39 is 10.0 Å². The third-order valence-electron chi connectivity index (χ3n) is 3.60. The van der Waals surface area contributed by atoms with E-state index in [4.69, 9.17) is 23.2 Å². The molecule has 0 radical (unpaired) electrons. The van der Waals surface area contributed by atoms with E-state index in [0.29, 0.717) is 12.1 Å². The Bertz CT molecular complexity index is 604. The fourth-order valence-corrected chi connectivity index (χ4v) is 4.98. The SMILES string of the molecule is CC1CCCCN1S(=O)(=O)c1cc(CO)c(Cl)cc1Cl. The molecule has 0 bridgehead atoms. The Morgan fingerprint density at radius 3 is 2.60 bits per heavy atom. The smallest absolute Gasteiger partial charge is 0.244 e. The van der Waals surface area contributed by atoms with E-state index >= 15 is 0 Å². The summed E-state index contributed by atoms with van der Waals surface area (Å²) in [4.78, 5) is 0.0152. The molecule has 1 aromatic carbocycles. The molecule has 7 heteroatoms. The van der Waals surface area contributed by atoms with Gasteiger partial charge in [-0.1, -0.05) is 29.6 Å². The summed E-state index contributed by atoms with van der Waals surface area (Å²) in [5, 5.41) is 9.58. The van der Waals surface area contributed by atoms with Crippen LogP contribution in [0.1, 0.15) is 31.7 Å². The van der Waals surface area contributed by atoms with Gasteiger partial charge in [-0.25, -0.2) is 8.42 Å². The third-order valence-corrected chi connectivity index (χ3v) is 6.43. The summed E-state index contributed by atoms with van der Waals surface area (Å²) in [5.74, 6) is 0. The quantitative estimate of drug-likeness (QED) is 0.922. The lowest BCUT2D eigenvalue weighted by Gasteiger charge is -2.32. The maximum atomic E-state index is 12.7. The van der Waals surface area contributed by atoms with Gasteiger partial charge in [0.15, 0.2) is 0 Å². The van der Waals surface area contributed by atoms with Gasteiger partial charge in [0, 0.05) is 17.6 Å². The number of piperidine rings is 1.